The van der Waals surface area contributed by atoms with Gasteiger partial charge in [-0.2, -0.15) is 0 Å². The number of nitrogens with one attached hydrogen (secondary N) is 1. The van der Waals surface area contributed by atoms with Crippen LogP contribution < -0.4 is 21.7 Å². The molecule has 0 heterocycles. The van der Waals surface area contributed by atoms with Crippen molar-refractivity contribution < 1.29 is 10.2 Å². The Bertz CT molecular complexity index is 628. The number of rotatable bonds is 8. The van der Waals surface area contributed by atoms with Gasteiger partial charge in [-0.25, -0.2) is 0 Å². The number of nitrogens with two attached hydrogens (primary N) is 2. The maximum Gasteiger partial charge on any atom is 0.0606 e. The molecule has 0 atom stereocenters. The van der Waals surface area contributed by atoms with Crippen LogP contribution >= 0.6 is 0 Å². The molecular formula is C17H24N4O2. The van der Waals surface area contributed by atoms with Crippen molar-refractivity contribution in [2.24, 2.45) is 0 Å². The third-order valence-corrected chi connectivity index (χ3v) is 3.61. The van der Waals surface area contributed by atoms with Crippen LogP contribution in [0.5, 0.6) is 0 Å². The van der Waals surface area contributed by atoms with E-state index in [1.807, 2.05) is 47.4 Å². The SMILES string of the molecule is Nc1ccc(N(CCO)CCO)c(CNc2ccccc2N)c1. The summed E-state index contributed by atoms with van der Waals surface area (Å²) in [5.41, 5.74) is 16.0. The number of hydrogen-bond donors (Lipinski definition) is 5. The summed E-state index contributed by atoms with van der Waals surface area (Å²) in [5, 5.41) is 21.8. The van der Waals surface area contributed by atoms with Gasteiger partial charge >= 0.3 is 0 Å². The maximum absolute atomic E-state index is 9.23. The zero-order valence-corrected chi connectivity index (χ0v) is 13.1. The summed E-state index contributed by atoms with van der Waals surface area (Å²) in [6.45, 7) is 1.48. The van der Waals surface area contributed by atoms with Crippen molar-refractivity contribution in [2.75, 3.05) is 48.0 Å². The van der Waals surface area contributed by atoms with Crippen molar-refractivity contribution in [2.45, 2.75) is 6.54 Å². The van der Waals surface area contributed by atoms with Gasteiger partial charge in [0.25, 0.3) is 0 Å². The van der Waals surface area contributed by atoms with Gasteiger partial charge in [0.05, 0.1) is 24.6 Å². The molecule has 7 N–H and O–H groups in total. The van der Waals surface area contributed by atoms with Gasteiger partial charge in [0.15, 0.2) is 0 Å². The summed E-state index contributed by atoms with van der Waals surface area (Å²) in [6, 6.07) is 13.2. The Morgan fingerprint density at radius 1 is 0.957 bits per heavy atom. The van der Waals surface area contributed by atoms with E-state index in [0.717, 1.165) is 16.9 Å². The predicted molar refractivity (Wildman–Crippen MR) is 95.4 cm³/mol. The van der Waals surface area contributed by atoms with Gasteiger partial charge in [-0.05, 0) is 35.9 Å². The molecule has 0 radical (unpaired) electrons. The Balaban J connectivity index is 2.22. The molecule has 0 aliphatic carbocycles. The summed E-state index contributed by atoms with van der Waals surface area (Å²) in [4.78, 5) is 1.94. The molecule has 23 heavy (non-hydrogen) atoms. The normalized spacial score (nSPS) is 10.5. The van der Waals surface area contributed by atoms with Gasteiger partial charge in [0.2, 0.25) is 0 Å². The van der Waals surface area contributed by atoms with Crippen LogP contribution in [0, 0.1) is 0 Å². The molecule has 2 aromatic carbocycles. The van der Waals surface area contributed by atoms with Gasteiger partial charge in [0, 0.05) is 31.0 Å². The fraction of sp³-hybridized carbons (Fsp3) is 0.294. The molecule has 0 amide bonds. The maximum atomic E-state index is 9.23. The monoisotopic (exact) mass is 316 g/mol. The standard InChI is InChI=1S/C17H24N4O2/c18-14-5-6-17(21(7-9-22)8-10-23)13(11-14)12-20-16-4-2-1-3-15(16)19/h1-6,11,20,22-23H,7-10,12,18-19H2. The van der Waals surface area contributed by atoms with Gasteiger partial charge in [-0.1, -0.05) is 12.1 Å². The van der Waals surface area contributed by atoms with E-state index in [9.17, 15) is 10.2 Å². The van der Waals surface area contributed by atoms with Crippen molar-refractivity contribution in [3.05, 3.63) is 48.0 Å². The third kappa shape index (κ3) is 4.51. The number of anilines is 4. The van der Waals surface area contributed by atoms with Gasteiger partial charge in [0.1, 0.15) is 0 Å². The Morgan fingerprint density at radius 2 is 1.65 bits per heavy atom. The molecule has 2 rings (SSSR count). The second kappa shape index (κ2) is 8.26. The van der Waals surface area contributed by atoms with Crippen LogP contribution in [-0.4, -0.2) is 36.5 Å². The van der Waals surface area contributed by atoms with E-state index in [2.05, 4.69) is 5.32 Å². The van der Waals surface area contributed by atoms with Crippen molar-refractivity contribution in [1.29, 1.82) is 0 Å². The van der Waals surface area contributed by atoms with Crippen molar-refractivity contribution in [3.63, 3.8) is 0 Å². The van der Waals surface area contributed by atoms with Crippen LogP contribution in [0.4, 0.5) is 22.7 Å². The fourth-order valence-electron chi connectivity index (χ4n) is 2.50. The smallest absolute Gasteiger partial charge is 0.0606 e. The quantitative estimate of drug-likeness (QED) is 0.469. The molecule has 0 aromatic heterocycles. The lowest BCUT2D eigenvalue weighted by Crippen LogP contribution is -2.30. The van der Waals surface area contributed by atoms with E-state index in [-0.39, 0.29) is 13.2 Å². The van der Waals surface area contributed by atoms with E-state index in [1.54, 1.807) is 0 Å². The highest BCUT2D eigenvalue weighted by Crippen LogP contribution is 2.25. The van der Waals surface area contributed by atoms with Crippen molar-refractivity contribution in [1.82, 2.24) is 0 Å². The first-order chi connectivity index (χ1) is 11.2. The van der Waals surface area contributed by atoms with E-state index in [1.165, 1.54) is 0 Å². The molecule has 0 spiro atoms. The molecule has 6 nitrogen and oxygen atoms in total. The van der Waals surface area contributed by atoms with Crippen LogP contribution in [0.25, 0.3) is 0 Å². The molecule has 0 aliphatic heterocycles. The molecule has 2 aromatic rings. The van der Waals surface area contributed by atoms with Crippen molar-refractivity contribution in [3.8, 4) is 0 Å². The number of nitrogens with zero attached hydrogens (tertiary/aromatic N) is 1. The lowest BCUT2D eigenvalue weighted by atomic mass is 10.1. The second-order valence-electron chi connectivity index (χ2n) is 5.26. The molecule has 0 fully saturated rings. The molecule has 0 unspecified atom stereocenters. The number of benzene rings is 2. The summed E-state index contributed by atoms with van der Waals surface area (Å²) >= 11 is 0. The molecule has 6 heteroatoms. The molecular weight excluding hydrogens is 292 g/mol. The molecule has 0 saturated carbocycles. The van der Waals surface area contributed by atoms with Crippen LogP contribution in [0.3, 0.4) is 0 Å². The number of hydrogen-bond acceptors (Lipinski definition) is 6. The highest BCUT2D eigenvalue weighted by atomic mass is 16.3. The van der Waals surface area contributed by atoms with Crippen LogP contribution in [-0.2, 0) is 6.54 Å². The Kier molecular flexibility index (Phi) is 6.08. The average Bonchev–Trinajstić information content (AvgIpc) is 2.54. The lowest BCUT2D eigenvalue weighted by Gasteiger charge is -2.26. The summed E-state index contributed by atoms with van der Waals surface area (Å²) in [6.07, 6.45) is 0. The first kappa shape index (κ1) is 16.9. The van der Waals surface area contributed by atoms with E-state index >= 15 is 0 Å². The minimum atomic E-state index is 0.0167. The topological polar surface area (TPSA) is 108 Å². The highest BCUT2D eigenvalue weighted by Gasteiger charge is 2.11. The first-order valence-corrected chi connectivity index (χ1v) is 7.59. The Labute approximate surface area is 136 Å². The van der Waals surface area contributed by atoms with E-state index in [0.29, 0.717) is 31.0 Å². The zero-order chi connectivity index (χ0) is 16.7. The molecule has 124 valence electrons. The summed E-state index contributed by atoms with van der Waals surface area (Å²) in [5.74, 6) is 0. The van der Waals surface area contributed by atoms with Gasteiger partial charge < -0.3 is 31.9 Å². The number of para-hydroxylation sites is 2. The lowest BCUT2D eigenvalue weighted by molar-refractivity contribution is 0.281. The largest absolute Gasteiger partial charge is 0.399 e. The second-order valence-corrected chi connectivity index (χ2v) is 5.26. The van der Waals surface area contributed by atoms with Crippen LogP contribution in [0.2, 0.25) is 0 Å². The molecule has 0 bridgehead atoms. The number of nitrogen functional groups attached to an aromatic ring is 2. The average molecular weight is 316 g/mol. The minimum absolute atomic E-state index is 0.0167. The highest BCUT2D eigenvalue weighted by molar-refractivity contribution is 5.67. The summed E-state index contributed by atoms with van der Waals surface area (Å²) in [7, 11) is 0. The molecule has 0 saturated heterocycles. The fourth-order valence-corrected chi connectivity index (χ4v) is 2.50. The van der Waals surface area contributed by atoms with Gasteiger partial charge in [-0.15, -0.1) is 0 Å². The zero-order valence-electron chi connectivity index (χ0n) is 13.1. The summed E-state index contributed by atoms with van der Waals surface area (Å²) < 4.78 is 0. The van der Waals surface area contributed by atoms with Crippen LogP contribution in [0.1, 0.15) is 5.56 Å². The van der Waals surface area contributed by atoms with E-state index < -0.39 is 0 Å². The number of aliphatic hydroxyl groups excluding tert-OH is 2. The van der Waals surface area contributed by atoms with E-state index in [4.69, 9.17) is 11.5 Å². The third-order valence-electron chi connectivity index (χ3n) is 3.61. The van der Waals surface area contributed by atoms with Crippen LogP contribution in [0.15, 0.2) is 42.5 Å². The Morgan fingerprint density at radius 3 is 2.30 bits per heavy atom. The first-order valence-electron chi connectivity index (χ1n) is 7.59. The Hall–Kier alpha value is -2.44. The molecule has 0 aliphatic rings. The van der Waals surface area contributed by atoms with Crippen molar-refractivity contribution >= 4 is 22.7 Å². The van der Waals surface area contributed by atoms with Gasteiger partial charge in [-0.3, -0.25) is 0 Å². The minimum Gasteiger partial charge on any atom is -0.399 e. The number of aliphatic hydroxyl groups is 2. The predicted octanol–water partition coefficient (Wildman–Crippen LogP) is 1.25.